The Labute approximate surface area is 171 Å². The Bertz CT molecular complexity index is 1150. The predicted octanol–water partition coefficient (Wildman–Crippen LogP) is 5.97. The highest BCUT2D eigenvalue weighted by Gasteiger charge is 2.09. The van der Waals surface area contributed by atoms with Crippen LogP contribution < -0.4 is 4.74 Å². The fourth-order valence-corrected chi connectivity index (χ4v) is 3.13. The Morgan fingerprint density at radius 1 is 1.04 bits per heavy atom. The highest BCUT2D eigenvalue weighted by Crippen LogP contribution is 2.25. The molecule has 4 aromatic rings. The number of ether oxygens (including phenoxy) is 1. The lowest BCUT2D eigenvalue weighted by Crippen LogP contribution is -1.97. The molecule has 1 heterocycles. The number of benzene rings is 3. The minimum absolute atomic E-state index is 0.449. The molecule has 5 heteroatoms. The van der Waals surface area contributed by atoms with Crippen molar-refractivity contribution >= 4 is 38.6 Å². The van der Waals surface area contributed by atoms with Crippen molar-refractivity contribution in [2.75, 3.05) is 0 Å². The summed E-state index contributed by atoms with van der Waals surface area (Å²) in [4.78, 5) is 7.72. The third kappa shape index (κ3) is 3.98. The number of nitrogens with one attached hydrogen (secondary N) is 1. The largest absolute Gasteiger partial charge is 0.488 e. The second-order valence-electron chi connectivity index (χ2n) is 6.23. The molecule has 4 rings (SSSR count). The fraction of sp³-hybridized carbons (Fsp3) is 0.0435. The summed E-state index contributed by atoms with van der Waals surface area (Å²) in [6, 6.07) is 25.6. The average Bonchev–Trinajstić information content (AvgIpc) is 3.16. The third-order valence-electron chi connectivity index (χ3n) is 4.29. The second-order valence-corrected chi connectivity index (χ2v) is 7.14. The number of nitriles is 1. The van der Waals surface area contributed by atoms with Crippen LogP contribution in [0.1, 0.15) is 17.0 Å². The number of nitrogens with zero attached hydrogens (tertiary/aromatic N) is 2. The summed E-state index contributed by atoms with van der Waals surface area (Å²) in [5.74, 6) is 1.26. The van der Waals surface area contributed by atoms with Crippen LogP contribution in [0.4, 0.5) is 0 Å². The van der Waals surface area contributed by atoms with Crippen molar-refractivity contribution in [3.63, 3.8) is 0 Å². The van der Waals surface area contributed by atoms with Gasteiger partial charge in [-0.2, -0.15) is 5.26 Å². The zero-order valence-corrected chi connectivity index (χ0v) is 16.5. The Kier molecular flexibility index (Phi) is 5.22. The van der Waals surface area contributed by atoms with Crippen molar-refractivity contribution in [1.82, 2.24) is 9.97 Å². The molecule has 0 aliphatic rings. The molecule has 0 saturated heterocycles. The standard InChI is InChI=1S/C23H16BrN3O/c24-19-11-9-16(10-12-19)15-28-22-8-4-1-5-17(22)13-18(14-25)23-26-20-6-2-3-7-21(20)27-23/h1-13H,15H2,(H,26,27). The molecule has 4 nitrogen and oxygen atoms in total. The lowest BCUT2D eigenvalue weighted by Gasteiger charge is -2.09. The van der Waals surface area contributed by atoms with E-state index in [1.54, 1.807) is 6.08 Å². The van der Waals surface area contributed by atoms with Gasteiger partial charge in [-0.15, -0.1) is 0 Å². The van der Waals surface area contributed by atoms with Crippen molar-refractivity contribution in [3.05, 3.63) is 94.2 Å². The number of fused-ring (bicyclic) bond motifs is 1. The Morgan fingerprint density at radius 2 is 1.79 bits per heavy atom. The number of hydrogen-bond acceptors (Lipinski definition) is 3. The molecule has 1 N–H and O–H groups in total. The Hall–Kier alpha value is -3.36. The third-order valence-corrected chi connectivity index (χ3v) is 4.82. The van der Waals surface area contributed by atoms with Gasteiger partial charge in [0.2, 0.25) is 0 Å². The van der Waals surface area contributed by atoms with Gasteiger partial charge < -0.3 is 9.72 Å². The van der Waals surface area contributed by atoms with E-state index < -0.39 is 0 Å². The van der Waals surface area contributed by atoms with Crippen LogP contribution in [0.3, 0.4) is 0 Å². The van der Waals surface area contributed by atoms with Gasteiger partial charge in [-0.3, -0.25) is 0 Å². The van der Waals surface area contributed by atoms with Crippen molar-refractivity contribution in [2.24, 2.45) is 0 Å². The van der Waals surface area contributed by atoms with Gasteiger partial charge in [0.15, 0.2) is 0 Å². The number of allylic oxidation sites excluding steroid dienone is 1. The molecule has 28 heavy (non-hydrogen) atoms. The lowest BCUT2D eigenvalue weighted by molar-refractivity contribution is 0.305. The molecule has 0 amide bonds. The smallest absolute Gasteiger partial charge is 0.149 e. The first-order valence-corrected chi connectivity index (χ1v) is 9.55. The van der Waals surface area contributed by atoms with Gasteiger partial charge in [-0.25, -0.2) is 4.98 Å². The van der Waals surface area contributed by atoms with Crippen LogP contribution in [0.2, 0.25) is 0 Å². The van der Waals surface area contributed by atoms with Gasteiger partial charge in [0.25, 0.3) is 0 Å². The van der Waals surface area contributed by atoms with E-state index in [-0.39, 0.29) is 0 Å². The van der Waals surface area contributed by atoms with Gasteiger partial charge in [0.1, 0.15) is 24.3 Å². The molecule has 3 aromatic carbocycles. The van der Waals surface area contributed by atoms with Crippen LogP contribution in [0.5, 0.6) is 5.75 Å². The fourth-order valence-electron chi connectivity index (χ4n) is 2.86. The number of para-hydroxylation sites is 3. The van der Waals surface area contributed by atoms with Gasteiger partial charge in [-0.05, 0) is 42.0 Å². The van der Waals surface area contributed by atoms with E-state index in [0.29, 0.717) is 23.8 Å². The number of hydrogen-bond donors (Lipinski definition) is 1. The van der Waals surface area contributed by atoms with Gasteiger partial charge >= 0.3 is 0 Å². The monoisotopic (exact) mass is 429 g/mol. The molecule has 0 aliphatic carbocycles. The van der Waals surface area contributed by atoms with Crippen LogP contribution in [0.25, 0.3) is 22.7 Å². The van der Waals surface area contributed by atoms with E-state index in [4.69, 9.17) is 4.74 Å². The molecule has 136 valence electrons. The Balaban J connectivity index is 1.62. The first kappa shape index (κ1) is 18.0. The quantitative estimate of drug-likeness (QED) is 0.397. The van der Waals surface area contributed by atoms with E-state index in [9.17, 15) is 5.26 Å². The number of aromatic amines is 1. The number of imidazole rings is 1. The summed E-state index contributed by atoms with van der Waals surface area (Å²) in [5, 5.41) is 9.67. The van der Waals surface area contributed by atoms with Crippen LogP contribution in [0.15, 0.2) is 77.3 Å². The molecule has 0 saturated carbocycles. The number of rotatable bonds is 5. The highest BCUT2D eigenvalue weighted by atomic mass is 79.9. The summed E-state index contributed by atoms with van der Waals surface area (Å²) in [7, 11) is 0. The summed E-state index contributed by atoms with van der Waals surface area (Å²) < 4.78 is 7.03. The first-order chi connectivity index (χ1) is 13.7. The molecular weight excluding hydrogens is 414 g/mol. The topological polar surface area (TPSA) is 61.7 Å². The van der Waals surface area contributed by atoms with Crippen molar-refractivity contribution < 1.29 is 4.74 Å². The van der Waals surface area contributed by atoms with Gasteiger partial charge in [0, 0.05) is 10.0 Å². The van der Waals surface area contributed by atoms with E-state index in [0.717, 1.165) is 26.6 Å². The zero-order valence-electron chi connectivity index (χ0n) is 14.9. The molecule has 0 atom stereocenters. The lowest BCUT2D eigenvalue weighted by atomic mass is 10.1. The summed E-state index contributed by atoms with van der Waals surface area (Å²) in [5.41, 5.74) is 4.09. The normalized spacial score (nSPS) is 11.4. The minimum Gasteiger partial charge on any atom is -0.488 e. The molecule has 0 aliphatic heterocycles. The Morgan fingerprint density at radius 3 is 2.57 bits per heavy atom. The van der Waals surface area contributed by atoms with E-state index in [1.807, 2.05) is 72.8 Å². The van der Waals surface area contributed by atoms with Crippen LogP contribution in [-0.4, -0.2) is 9.97 Å². The number of aromatic nitrogens is 2. The maximum absolute atomic E-state index is 9.67. The predicted molar refractivity (Wildman–Crippen MR) is 114 cm³/mol. The number of halogens is 1. The average molecular weight is 430 g/mol. The van der Waals surface area contributed by atoms with Gasteiger partial charge in [-0.1, -0.05) is 58.4 Å². The number of H-pyrrole nitrogens is 1. The summed E-state index contributed by atoms with van der Waals surface area (Å²) in [6.45, 7) is 0.449. The maximum Gasteiger partial charge on any atom is 0.149 e. The van der Waals surface area contributed by atoms with E-state index in [1.165, 1.54) is 0 Å². The summed E-state index contributed by atoms with van der Waals surface area (Å²) in [6.07, 6.45) is 1.80. The maximum atomic E-state index is 9.67. The van der Waals surface area contributed by atoms with Crippen molar-refractivity contribution in [1.29, 1.82) is 5.26 Å². The molecular formula is C23H16BrN3O. The molecule has 1 aromatic heterocycles. The molecule has 0 radical (unpaired) electrons. The molecule has 0 unspecified atom stereocenters. The van der Waals surface area contributed by atoms with E-state index >= 15 is 0 Å². The highest BCUT2D eigenvalue weighted by molar-refractivity contribution is 9.10. The van der Waals surface area contributed by atoms with E-state index in [2.05, 4.69) is 32.0 Å². The van der Waals surface area contributed by atoms with Crippen LogP contribution in [0, 0.1) is 11.3 Å². The molecule has 0 bridgehead atoms. The van der Waals surface area contributed by atoms with Crippen LogP contribution in [-0.2, 0) is 6.61 Å². The molecule has 0 fully saturated rings. The van der Waals surface area contributed by atoms with Crippen LogP contribution >= 0.6 is 15.9 Å². The van der Waals surface area contributed by atoms with Crippen molar-refractivity contribution in [2.45, 2.75) is 6.61 Å². The summed E-state index contributed by atoms with van der Waals surface area (Å²) >= 11 is 3.43. The first-order valence-electron chi connectivity index (χ1n) is 8.76. The van der Waals surface area contributed by atoms with Crippen molar-refractivity contribution in [3.8, 4) is 11.8 Å². The molecule has 0 spiro atoms. The second kappa shape index (κ2) is 8.12. The SMILES string of the molecule is N#CC(=Cc1ccccc1OCc1ccc(Br)cc1)c1nc2ccccc2[nH]1. The minimum atomic E-state index is 0.449. The zero-order chi connectivity index (χ0) is 19.3. The van der Waals surface area contributed by atoms with Gasteiger partial charge in [0.05, 0.1) is 16.6 Å².